The van der Waals surface area contributed by atoms with Crippen LogP contribution in [0.5, 0.6) is 11.5 Å². The van der Waals surface area contributed by atoms with Crippen molar-refractivity contribution in [3.05, 3.63) is 66.9 Å². The number of urea groups is 1. The zero-order valence-electron chi connectivity index (χ0n) is 15.0. The number of amides is 2. The van der Waals surface area contributed by atoms with Gasteiger partial charge in [0.25, 0.3) is 0 Å². The van der Waals surface area contributed by atoms with Gasteiger partial charge in [0.1, 0.15) is 5.82 Å². The Balaban J connectivity index is 1.61. The molecule has 0 saturated heterocycles. The van der Waals surface area contributed by atoms with E-state index in [1.165, 1.54) is 0 Å². The monoisotopic (exact) mass is 364 g/mol. The van der Waals surface area contributed by atoms with E-state index in [9.17, 15) is 4.79 Å². The summed E-state index contributed by atoms with van der Waals surface area (Å²) in [5.74, 6) is 1.91. The maximum atomic E-state index is 12.0. The van der Waals surface area contributed by atoms with Crippen LogP contribution in [0.1, 0.15) is 0 Å². The van der Waals surface area contributed by atoms with E-state index in [0.717, 1.165) is 11.4 Å². The van der Waals surface area contributed by atoms with Crippen molar-refractivity contribution in [3.63, 3.8) is 0 Å². The van der Waals surface area contributed by atoms with Crippen LogP contribution in [0.3, 0.4) is 0 Å². The molecule has 0 atom stereocenters. The second kappa shape index (κ2) is 8.57. The van der Waals surface area contributed by atoms with Crippen molar-refractivity contribution >= 4 is 28.9 Å². The highest BCUT2D eigenvalue weighted by Crippen LogP contribution is 2.30. The smallest absolute Gasteiger partial charge is 0.323 e. The van der Waals surface area contributed by atoms with Gasteiger partial charge < -0.3 is 25.4 Å². The lowest BCUT2D eigenvalue weighted by molar-refractivity contribution is 0.262. The number of para-hydroxylation sites is 1. The Hall–Kier alpha value is -3.74. The summed E-state index contributed by atoms with van der Waals surface area (Å²) in [6.07, 6.45) is 1.58. The zero-order chi connectivity index (χ0) is 19.1. The molecule has 27 heavy (non-hydrogen) atoms. The predicted molar refractivity (Wildman–Crippen MR) is 106 cm³/mol. The first kappa shape index (κ1) is 18.1. The first-order chi connectivity index (χ1) is 13.2. The highest BCUT2D eigenvalue weighted by molar-refractivity contribution is 5.99. The maximum Gasteiger partial charge on any atom is 0.323 e. The lowest BCUT2D eigenvalue weighted by atomic mass is 10.2. The number of nitrogens with zero attached hydrogens (tertiary/aromatic N) is 1. The van der Waals surface area contributed by atoms with Crippen LogP contribution in [0.2, 0.25) is 0 Å². The Morgan fingerprint density at radius 2 is 1.52 bits per heavy atom. The van der Waals surface area contributed by atoms with Crippen LogP contribution in [0.15, 0.2) is 66.9 Å². The summed E-state index contributed by atoms with van der Waals surface area (Å²) < 4.78 is 10.5. The van der Waals surface area contributed by atoms with Crippen LogP contribution in [0, 0.1) is 0 Å². The van der Waals surface area contributed by atoms with Crippen molar-refractivity contribution in [3.8, 4) is 11.5 Å². The third kappa shape index (κ3) is 4.88. The van der Waals surface area contributed by atoms with Gasteiger partial charge in [0.2, 0.25) is 0 Å². The molecule has 138 valence electrons. The lowest BCUT2D eigenvalue weighted by Crippen LogP contribution is -2.19. The number of anilines is 4. The summed E-state index contributed by atoms with van der Waals surface area (Å²) in [5, 5.41) is 8.66. The average molecular weight is 364 g/mol. The van der Waals surface area contributed by atoms with Crippen LogP contribution in [0.4, 0.5) is 27.7 Å². The maximum absolute atomic E-state index is 12.0. The van der Waals surface area contributed by atoms with Crippen molar-refractivity contribution in [2.45, 2.75) is 0 Å². The fraction of sp³-hybridized carbons (Fsp3) is 0.100. The molecule has 2 aromatic carbocycles. The topological polar surface area (TPSA) is 84.5 Å². The van der Waals surface area contributed by atoms with Crippen molar-refractivity contribution in [1.82, 2.24) is 4.98 Å². The highest BCUT2D eigenvalue weighted by atomic mass is 16.5. The van der Waals surface area contributed by atoms with Crippen molar-refractivity contribution in [2.24, 2.45) is 0 Å². The SMILES string of the molecule is COc1ccc(Nc2ccc(NC(=O)Nc3ccccc3)cn2)cc1OC. The summed E-state index contributed by atoms with van der Waals surface area (Å²) in [4.78, 5) is 16.3. The van der Waals surface area contributed by atoms with Gasteiger partial charge in [0.15, 0.2) is 11.5 Å². The predicted octanol–water partition coefficient (Wildman–Crippen LogP) is 4.49. The van der Waals surface area contributed by atoms with E-state index in [-0.39, 0.29) is 6.03 Å². The van der Waals surface area contributed by atoms with E-state index in [1.54, 1.807) is 32.5 Å². The third-order valence-corrected chi connectivity index (χ3v) is 3.71. The lowest BCUT2D eigenvalue weighted by Gasteiger charge is -2.11. The van der Waals surface area contributed by atoms with E-state index >= 15 is 0 Å². The Labute approximate surface area is 157 Å². The Kier molecular flexibility index (Phi) is 5.73. The van der Waals surface area contributed by atoms with Crippen molar-refractivity contribution in [2.75, 3.05) is 30.2 Å². The van der Waals surface area contributed by atoms with Gasteiger partial charge >= 0.3 is 6.03 Å². The average Bonchev–Trinajstić information content (AvgIpc) is 2.70. The van der Waals surface area contributed by atoms with Gasteiger partial charge in [0, 0.05) is 17.4 Å². The van der Waals surface area contributed by atoms with Gasteiger partial charge in [-0.25, -0.2) is 9.78 Å². The number of methoxy groups -OCH3 is 2. The molecule has 0 bridgehead atoms. The Morgan fingerprint density at radius 3 is 2.19 bits per heavy atom. The number of ether oxygens (including phenoxy) is 2. The number of carbonyl (C=O) groups is 1. The van der Waals surface area contributed by atoms with E-state index in [0.29, 0.717) is 23.0 Å². The van der Waals surface area contributed by atoms with E-state index in [2.05, 4.69) is 20.9 Å². The summed E-state index contributed by atoms with van der Waals surface area (Å²) >= 11 is 0. The van der Waals surface area contributed by atoms with Crippen molar-refractivity contribution < 1.29 is 14.3 Å². The van der Waals surface area contributed by atoms with Crippen LogP contribution in [-0.4, -0.2) is 25.2 Å². The first-order valence-electron chi connectivity index (χ1n) is 8.26. The number of hydrogen-bond donors (Lipinski definition) is 3. The zero-order valence-corrected chi connectivity index (χ0v) is 15.0. The van der Waals surface area contributed by atoms with E-state index in [4.69, 9.17) is 9.47 Å². The highest BCUT2D eigenvalue weighted by Gasteiger charge is 2.06. The standard InChI is InChI=1S/C20H20N4O3/c1-26-17-10-8-15(12-18(17)27-2)22-19-11-9-16(13-21-19)24-20(25)23-14-6-4-3-5-7-14/h3-13H,1-2H3,(H,21,22)(H2,23,24,25). The molecular weight excluding hydrogens is 344 g/mol. The van der Waals surface area contributed by atoms with Crippen LogP contribution in [-0.2, 0) is 0 Å². The molecule has 7 heteroatoms. The minimum atomic E-state index is -0.330. The molecule has 3 N–H and O–H groups in total. The molecule has 0 unspecified atom stereocenters. The third-order valence-electron chi connectivity index (χ3n) is 3.71. The van der Waals surface area contributed by atoms with Crippen LogP contribution < -0.4 is 25.4 Å². The first-order valence-corrected chi connectivity index (χ1v) is 8.26. The molecule has 0 fully saturated rings. The summed E-state index contributed by atoms with van der Waals surface area (Å²) in [7, 11) is 3.17. The van der Waals surface area contributed by atoms with Crippen LogP contribution in [0.25, 0.3) is 0 Å². The van der Waals surface area contributed by atoms with E-state index < -0.39 is 0 Å². The summed E-state index contributed by atoms with van der Waals surface area (Å²) in [5.41, 5.74) is 2.11. The molecule has 1 heterocycles. The fourth-order valence-corrected chi connectivity index (χ4v) is 2.42. The fourth-order valence-electron chi connectivity index (χ4n) is 2.42. The van der Waals surface area contributed by atoms with E-state index in [1.807, 2.05) is 48.5 Å². The summed E-state index contributed by atoms with van der Waals surface area (Å²) in [6.45, 7) is 0. The molecule has 3 aromatic rings. The second-order valence-corrected chi connectivity index (χ2v) is 5.57. The van der Waals surface area contributed by atoms with Crippen molar-refractivity contribution in [1.29, 1.82) is 0 Å². The molecule has 7 nitrogen and oxygen atoms in total. The minimum Gasteiger partial charge on any atom is -0.493 e. The molecule has 0 radical (unpaired) electrons. The molecule has 3 rings (SSSR count). The van der Waals surface area contributed by atoms with Crippen LogP contribution >= 0.6 is 0 Å². The molecule has 0 aliphatic carbocycles. The van der Waals surface area contributed by atoms with Gasteiger partial charge in [-0.15, -0.1) is 0 Å². The van der Waals surface area contributed by atoms with Gasteiger partial charge in [-0.05, 0) is 36.4 Å². The molecule has 2 amide bonds. The molecule has 0 aliphatic rings. The number of hydrogen-bond acceptors (Lipinski definition) is 5. The quantitative estimate of drug-likeness (QED) is 0.600. The normalized spacial score (nSPS) is 10.0. The number of benzene rings is 2. The van der Waals surface area contributed by atoms with Gasteiger partial charge in [0.05, 0.1) is 26.1 Å². The number of aromatic nitrogens is 1. The Morgan fingerprint density at radius 1 is 0.815 bits per heavy atom. The summed E-state index contributed by atoms with van der Waals surface area (Å²) in [6, 6.07) is 17.9. The molecule has 0 aliphatic heterocycles. The second-order valence-electron chi connectivity index (χ2n) is 5.57. The van der Waals surface area contributed by atoms with Gasteiger partial charge in [-0.2, -0.15) is 0 Å². The van der Waals surface area contributed by atoms with Gasteiger partial charge in [-0.3, -0.25) is 0 Å². The molecule has 1 aromatic heterocycles. The number of pyridine rings is 1. The number of rotatable bonds is 6. The van der Waals surface area contributed by atoms with Gasteiger partial charge in [-0.1, -0.05) is 18.2 Å². The molecule has 0 spiro atoms. The number of nitrogens with one attached hydrogen (secondary N) is 3. The Bertz CT molecular complexity index is 899. The molecule has 0 saturated carbocycles. The molecular formula is C20H20N4O3. The largest absolute Gasteiger partial charge is 0.493 e. The number of carbonyl (C=O) groups excluding carboxylic acids is 1. The minimum absolute atomic E-state index is 0.330.